The summed E-state index contributed by atoms with van der Waals surface area (Å²) in [6.45, 7) is 0. The molecule has 0 saturated carbocycles. The lowest BCUT2D eigenvalue weighted by Gasteiger charge is -2.11. The predicted molar refractivity (Wildman–Crippen MR) is 211 cm³/mol. The number of hydrogen-bond acceptors (Lipinski definition) is 0. The molecular weight excluding hydrogens is 605 g/mol. The second-order valence-corrected chi connectivity index (χ2v) is 12.9. The van der Waals surface area contributed by atoms with Crippen molar-refractivity contribution in [2.24, 2.45) is 0 Å². The maximum atomic E-state index is 2.47. The summed E-state index contributed by atoms with van der Waals surface area (Å²) in [6.07, 6.45) is 0. The molecule has 50 heavy (non-hydrogen) atoms. The van der Waals surface area contributed by atoms with E-state index in [9.17, 15) is 0 Å². The summed E-state index contributed by atoms with van der Waals surface area (Å²) >= 11 is 0. The Bertz CT molecular complexity index is 2820. The van der Waals surface area contributed by atoms with E-state index in [4.69, 9.17) is 0 Å². The van der Waals surface area contributed by atoms with Crippen LogP contribution in [0.3, 0.4) is 0 Å². The molecule has 0 spiro atoms. The smallest absolute Gasteiger partial charge is 0.0641 e. The quantitative estimate of drug-likeness (QED) is 0.178. The molecule has 2 aromatic heterocycles. The van der Waals surface area contributed by atoms with Crippen molar-refractivity contribution in [3.05, 3.63) is 194 Å². The number of benzene rings is 8. The molecule has 0 fully saturated rings. The lowest BCUT2D eigenvalue weighted by Crippen LogP contribution is -1.95. The third-order valence-electron chi connectivity index (χ3n) is 10.1. The Balaban J connectivity index is 1.22. The zero-order valence-corrected chi connectivity index (χ0v) is 27.4. The summed E-state index contributed by atoms with van der Waals surface area (Å²) in [5.41, 5.74) is 14.5. The number of fused-ring (bicyclic) bond motifs is 7. The predicted octanol–water partition coefficient (Wildman–Crippen LogP) is 12.9. The van der Waals surface area contributed by atoms with Crippen molar-refractivity contribution >= 4 is 43.6 Å². The van der Waals surface area contributed by atoms with Gasteiger partial charge >= 0.3 is 0 Å². The molecular formula is C48H32N2. The first kappa shape index (κ1) is 28.4. The van der Waals surface area contributed by atoms with Crippen molar-refractivity contribution in [2.75, 3.05) is 0 Å². The summed E-state index contributed by atoms with van der Waals surface area (Å²) in [6, 6.07) is 70.3. The van der Waals surface area contributed by atoms with E-state index in [-0.39, 0.29) is 0 Å². The fourth-order valence-corrected chi connectivity index (χ4v) is 7.90. The van der Waals surface area contributed by atoms with Gasteiger partial charge in [0.2, 0.25) is 0 Å². The maximum absolute atomic E-state index is 2.47. The van der Waals surface area contributed by atoms with Gasteiger partial charge in [0, 0.05) is 32.9 Å². The van der Waals surface area contributed by atoms with E-state index in [1.807, 2.05) is 0 Å². The van der Waals surface area contributed by atoms with Crippen molar-refractivity contribution in [3.63, 3.8) is 0 Å². The summed E-state index contributed by atoms with van der Waals surface area (Å²) in [5.74, 6) is 0. The van der Waals surface area contributed by atoms with Crippen LogP contribution in [0.2, 0.25) is 0 Å². The highest BCUT2D eigenvalue weighted by Gasteiger charge is 2.22. The van der Waals surface area contributed by atoms with Crippen LogP contribution in [0.15, 0.2) is 194 Å². The normalized spacial score (nSPS) is 11.6. The van der Waals surface area contributed by atoms with Crippen LogP contribution in [-0.2, 0) is 0 Å². The van der Waals surface area contributed by atoms with Gasteiger partial charge in [0.05, 0.1) is 22.1 Å². The summed E-state index contributed by atoms with van der Waals surface area (Å²) < 4.78 is 4.90. The maximum Gasteiger partial charge on any atom is 0.0641 e. The van der Waals surface area contributed by atoms with E-state index in [1.165, 1.54) is 77.0 Å². The Labute approximate surface area is 290 Å². The van der Waals surface area contributed by atoms with E-state index in [2.05, 4.69) is 203 Å². The Morgan fingerprint density at radius 1 is 0.280 bits per heavy atom. The van der Waals surface area contributed by atoms with Crippen LogP contribution in [0.5, 0.6) is 0 Å². The van der Waals surface area contributed by atoms with Crippen LogP contribution >= 0.6 is 0 Å². The molecule has 0 atom stereocenters. The van der Waals surface area contributed by atoms with E-state index >= 15 is 0 Å². The third kappa shape index (κ3) is 4.43. The molecule has 2 heterocycles. The van der Waals surface area contributed by atoms with Gasteiger partial charge in [0.15, 0.2) is 0 Å². The highest BCUT2D eigenvalue weighted by atomic mass is 15.0. The molecule has 2 heteroatoms. The minimum Gasteiger partial charge on any atom is -0.309 e. The standard InChI is InChI=1S/C48H32N2/c1-4-14-33(15-5-1)36-18-12-19-37(32-36)34-26-28-39(29-27-34)49-43-24-11-10-22-41(43)47-45(49)31-30-42-46-40(35-16-6-2-7-17-35)23-13-25-44(46)50(48(42)47)38-20-8-3-9-21-38/h1-32H. The molecule has 0 radical (unpaired) electrons. The topological polar surface area (TPSA) is 9.86 Å². The van der Waals surface area contributed by atoms with Gasteiger partial charge < -0.3 is 9.13 Å². The second kappa shape index (κ2) is 11.5. The monoisotopic (exact) mass is 636 g/mol. The summed E-state index contributed by atoms with van der Waals surface area (Å²) in [7, 11) is 0. The zero-order chi connectivity index (χ0) is 33.0. The van der Waals surface area contributed by atoms with E-state index < -0.39 is 0 Å². The largest absolute Gasteiger partial charge is 0.309 e. The van der Waals surface area contributed by atoms with Crippen molar-refractivity contribution in [2.45, 2.75) is 0 Å². The molecule has 0 saturated heterocycles. The molecule has 0 bridgehead atoms. The Kier molecular flexibility index (Phi) is 6.53. The van der Waals surface area contributed by atoms with Crippen LogP contribution in [0, 0.1) is 0 Å². The number of nitrogens with zero attached hydrogens (tertiary/aromatic N) is 2. The molecule has 0 N–H and O–H groups in total. The van der Waals surface area contributed by atoms with Crippen LogP contribution < -0.4 is 0 Å². The van der Waals surface area contributed by atoms with E-state index in [1.54, 1.807) is 0 Å². The minimum absolute atomic E-state index is 1.14. The Morgan fingerprint density at radius 3 is 1.56 bits per heavy atom. The van der Waals surface area contributed by atoms with Crippen molar-refractivity contribution in [1.82, 2.24) is 9.13 Å². The first-order valence-electron chi connectivity index (χ1n) is 17.2. The van der Waals surface area contributed by atoms with Crippen molar-refractivity contribution in [1.29, 1.82) is 0 Å². The van der Waals surface area contributed by atoms with E-state index in [0.717, 1.165) is 11.4 Å². The lowest BCUT2D eigenvalue weighted by molar-refractivity contribution is 1.17. The lowest BCUT2D eigenvalue weighted by atomic mass is 9.99. The zero-order valence-electron chi connectivity index (χ0n) is 27.4. The molecule has 0 aliphatic rings. The summed E-state index contributed by atoms with van der Waals surface area (Å²) in [4.78, 5) is 0. The molecule has 0 aliphatic heterocycles. The molecule has 10 rings (SSSR count). The number of rotatable bonds is 5. The van der Waals surface area contributed by atoms with Gasteiger partial charge in [-0.2, -0.15) is 0 Å². The van der Waals surface area contributed by atoms with Crippen LogP contribution in [-0.4, -0.2) is 9.13 Å². The first-order valence-corrected chi connectivity index (χ1v) is 17.2. The summed E-state index contributed by atoms with van der Waals surface area (Å²) in [5, 5.41) is 5.04. The number of aromatic nitrogens is 2. The van der Waals surface area contributed by atoms with Crippen molar-refractivity contribution < 1.29 is 0 Å². The third-order valence-corrected chi connectivity index (χ3v) is 10.1. The molecule has 2 nitrogen and oxygen atoms in total. The first-order chi connectivity index (χ1) is 24.8. The average molecular weight is 637 g/mol. The Morgan fingerprint density at radius 2 is 0.820 bits per heavy atom. The van der Waals surface area contributed by atoms with Gasteiger partial charge in [-0.05, 0) is 81.9 Å². The molecule has 0 amide bonds. The van der Waals surface area contributed by atoms with Gasteiger partial charge in [-0.3, -0.25) is 0 Å². The van der Waals surface area contributed by atoms with Crippen LogP contribution in [0.1, 0.15) is 0 Å². The molecule has 0 aliphatic carbocycles. The molecule has 0 unspecified atom stereocenters. The Hall–Kier alpha value is -6.64. The van der Waals surface area contributed by atoms with E-state index in [0.29, 0.717) is 0 Å². The van der Waals surface area contributed by atoms with Gasteiger partial charge in [-0.1, -0.05) is 146 Å². The van der Waals surface area contributed by atoms with Crippen molar-refractivity contribution in [3.8, 4) is 44.8 Å². The number of hydrogen-bond donors (Lipinski definition) is 0. The van der Waals surface area contributed by atoms with Gasteiger partial charge in [0.25, 0.3) is 0 Å². The van der Waals surface area contributed by atoms with Gasteiger partial charge in [0.1, 0.15) is 0 Å². The van der Waals surface area contributed by atoms with Crippen LogP contribution in [0.4, 0.5) is 0 Å². The molecule has 10 aromatic rings. The second-order valence-electron chi connectivity index (χ2n) is 12.9. The molecule has 234 valence electrons. The van der Waals surface area contributed by atoms with Gasteiger partial charge in [-0.25, -0.2) is 0 Å². The molecule has 8 aromatic carbocycles. The minimum atomic E-state index is 1.14. The number of para-hydroxylation sites is 2. The highest BCUT2D eigenvalue weighted by Crippen LogP contribution is 2.44. The average Bonchev–Trinajstić information content (AvgIpc) is 3.72. The van der Waals surface area contributed by atoms with Gasteiger partial charge in [-0.15, -0.1) is 0 Å². The fourth-order valence-electron chi connectivity index (χ4n) is 7.90. The fraction of sp³-hybridized carbons (Fsp3) is 0. The van der Waals surface area contributed by atoms with Crippen LogP contribution in [0.25, 0.3) is 88.4 Å². The SMILES string of the molecule is c1ccc(-c2cccc(-c3ccc(-n4c5ccccc5c5c4ccc4c6c(-c7ccccc7)cccc6n(-c6ccccc6)c45)cc3)c2)cc1. The highest BCUT2D eigenvalue weighted by molar-refractivity contribution is 6.28.